The van der Waals surface area contributed by atoms with E-state index < -0.39 is 10.4 Å². The van der Waals surface area contributed by atoms with E-state index >= 15 is 0 Å². The quantitative estimate of drug-likeness (QED) is 0.278. The monoisotopic (exact) mass is 245 g/mol. The van der Waals surface area contributed by atoms with Gasteiger partial charge in [-0.15, -0.1) is 0 Å². The second-order valence-corrected chi connectivity index (χ2v) is 1.22. The molecule has 35 valence electrons. The van der Waals surface area contributed by atoms with E-state index in [4.69, 9.17) is 17.5 Å². The minimum Gasteiger partial charge on any atom is -0.759 e. The molecule has 0 N–H and O–H groups in total. The molecule has 4 nitrogen and oxygen atoms in total. The first-order valence-corrected chi connectivity index (χ1v) is 2.00. The van der Waals surface area contributed by atoms with Crippen molar-refractivity contribution in [1.82, 2.24) is 0 Å². The Balaban J connectivity index is -0.0000000800. The zero-order valence-corrected chi connectivity index (χ0v) is 8.58. The van der Waals surface area contributed by atoms with Gasteiger partial charge >= 0.3 is 48.9 Å². The Morgan fingerprint density at radius 3 is 1.14 bits per heavy atom. The maximum absolute atomic E-state index is 8.52. The molecule has 0 spiro atoms. The molecule has 7 heteroatoms. The van der Waals surface area contributed by atoms with Crippen molar-refractivity contribution in [3.8, 4) is 0 Å². The van der Waals surface area contributed by atoms with Gasteiger partial charge in [-0.25, -0.2) is 0 Å². The first kappa shape index (κ1) is 15.8. The van der Waals surface area contributed by atoms with E-state index in [0.717, 1.165) is 0 Å². The van der Waals surface area contributed by atoms with Crippen LogP contribution in [0.15, 0.2) is 0 Å². The Morgan fingerprint density at radius 2 is 1.14 bits per heavy atom. The molecule has 0 aliphatic rings. The molecule has 7 heavy (non-hydrogen) atoms. The van der Waals surface area contributed by atoms with Crippen molar-refractivity contribution in [2.24, 2.45) is 0 Å². The first-order valence-electron chi connectivity index (χ1n) is 0.667. The summed E-state index contributed by atoms with van der Waals surface area (Å²) in [5.74, 6) is 0. The molecule has 0 aromatic carbocycles. The molecule has 0 aliphatic heterocycles. The molecule has 0 saturated heterocycles. The van der Waals surface area contributed by atoms with Crippen molar-refractivity contribution < 1.29 is 17.5 Å². The summed E-state index contributed by atoms with van der Waals surface area (Å²) in [6.45, 7) is 0. The van der Waals surface area contributed by atoms with Gasteiger partial charge in [-0.1, -0.05) is 0 Å². The fourth-order valence-electron chi connectivity index (χ4n) is 0. The van der Waals surface area contributed by atoms with E-state index in [2.05, 4.69) is 0 Å². The van der Waals surface area contributed by atoms with Gasteiger partial charge in [0.15, 0.2) is 0 Å². The molecule has 0 aliphatic carbocycles. The summed E-state index contributed by atoms with van der Waals surface area (Å²) in [5, 5.41) is 0. The maximum atomic E-state index is 8.52. The molecule has 0 unspecified atom stereocenters. The third-order valence-corrected chi connectivity index (χ3v) is 0. The van der Waals surface area contributed by atoms with E-state index in [0.29, 0.717) is 0 Å². The van der Waals surface area contributed by atoms with E-state index in [1.54, 1.807) is 0 Å². The molecule has 0 amide bonds. The summed E-state index contributed by atoms with van der Waals surface area (Å²) < 4.78 is 34.1. The van der Waals surface area contributed by atoms with Crippen LogP contribution in [-0.2, 0) is 10.4 Å². The molecule has 0 aromatic heterocycles. The number of rotatable bonds is 0. The summed E-state index contributed by atoms with van der Waals surface area (Å²) in [7, 11) is -5.17. The average molecular weight is 244 g/mol. The van der Waals surface area contributed by atoms with Crippen molar-refractivity contribution in [2.75, 3.05) is 0 Å². The normalized spacial score (nSPS) is 8.29. The smallest absolute Gasteiger partial charge is 0.759 e. The largest absolute Gasteiger partial charge is 2.00 e. The second kappa shape index (κ2) is 5.64. The topological polar surface area (TPSA) is 80.3 Å². The summed E-state index contributed by atoms with van der Waals surface area (Å²) >= 11 is 0. The van der Waals surface area contributed by atoms with E-state index in [1.165, 1.54) is 0 Å². The Hall–Kier alpha value is 1.51. The van der Waals surface area contributed by atoms with Gasteiger partial charge in [0, 0.05) is 18.8 Å². The minimum atomic E-state index is -5.17. The van der Waals surface area contributed by atoms with Crippen LogP contribution >= 0.6 is 0 Å². The Morgan fingerprint density at radius 1 is 1.14 bits per heavy atom. The van der Waals surface area contributed by atoms with Crippen LogP contribution in [-0.4, -0.2) is 74.8 Å². The number of hydrogen-bond acceptors (Lipinski definition) is 4. The number of hydrogen-bond donors (Lipinski definition) is 0. The minimum absolute atomic E-state index is 0. The third kappa shape index (κ3) is 100. The van der Waals surface area contributed by atoms with Crippen molar-refractivity contribution in [1.29, 1.82) is 0 Å². The molecular formula is BBaO4S. The molecule has 0 atom stereocenters. The molecule has 0 fully saturated rings. The van der Waals surface area contributed by atoms with Gasteiger partial charge in [0.25, 0.3) is 0 Å². The summed E-state index contributed by atoms with van der Waals surface area (Å²) in [5.41, 5.74) is 0. The second-order valence-electron chi connectivity index (χ2n) is 0.408. The molecule has 0 heterocycles. The molecule has 3 radical (unpaired) electrons. The zero-order valence-electron chi connectivity index (χ0n) is 3.33. The molecule has 0 saturated carbocycles. The van der Waals surface area contributed by atoms with Crippen LogP contribution in [0, 0.1) is 0 Å². The molecule has 0 bridgehead atoms. The maximum Gasteiger partial charge on any atom is 2.00 e. The van der Waals surface area contributed by atoms with Crippen LogP contribution < -0.4 is 0 Å². The van der Waals surface area contributed by atoms with E-state index in [9.17, 15) is 0 Å². The van der Waals surface area contributed by atoms with Gasteiger partial charge in [-0.05, 0) is 0 Å². The molecular weight excluding hydrogens is 244 g/mol. The van der Waals surface area contributed by atoms with E-state index in [-0.39, 0.29) is 57.3 Å². The van der Waals surface area contributed by atoms with Crippen molar-refractivity contribution in [3.05, 3.63) is 0 Å². The Kier molecular flexibility index (Phi) is 12.7. The SMILES string of the molecule is O=S(=O)([O-])[O-].[B].[Ba+2]. The first-order chi connectivity index (χ1) is 2.00. The van der Waals surface area contributed by atoms with Crippen molar-refractivity contribution >= 4 is 67.7 Å². The Bertz CT molecular complexity index is 94.9. The van der Waals surface area contributed by atoms with E-state index in [1.807, 2.05) is 0 Å². The van der Waals surface area contributed by atoms with Gasteiger partial charge < -0.3 is 9.11 Å². The van der Waals surface area contributed by atoms with Crippen LogP contribution in [0.25, 0.3) is 0 Å². The van der Waals surface area contributed by atoms with Gasteiger partial charge in [0.05, 0.1) is 0 Å². The van der Waals surface area contributed by atoms with Gasteiger partial charge in [-0.2, -0.15) is 0 Å². The van der Waals surface area contributed by atoms with Crippen LogP contribution in [0.4, 0.5) is 0 Å². The standard InChI is InChI=1S/B.Ba.H2O4S/c;;1-5(2,3)4/h;;(H2,1,2,3,4)/q;+2;/p-2. The van der Waals surface area contributed by atoms with Crippen LogP contribution in [0.5, 0.6) is 0 Å². The molecule has 0 aromatic rings. The predicted molar refractivity (Wildman–Crippen MR) is 22.0 cm³/mol. The average Bonchev–Trinajstić information content (AvgIpc) is 0.722. The summed E-state index contributed by atoms with van der Waals surface area (Å²) in [6.07, 6.45) is 0. The van der Waals surface area contributed by atoms with Crippen LogP contribution in [0.2, 0.25) is 0 Å². The van der Waals surface area contributed by atoms with Crippen LogP contribution in [0.1, 0.15) is 0 Å². The van der Waals surface area contributed by atoms with Crippen molar-refractivity contribution in [3.63, 3.8) is 0 Å². The predicted octanol–water partition coefficient (Wildman–Crippen LogP) is -2.10. The van der Waals surface area contributed by atoms with Crippen molar-refractivity contribution in [2.45, 2.75) is 0 Å². The zero-order chi connectivity index (χ0) is 4.50. The third-order valence-electron chi connectivity index (χ3n) is 0. The fourth-order valence-corrected chi connectivity index (χ4v) is 0. The van der Waals surface area contributed by atoms with Gasteiger partial charge in [0.2, 0.25) is 0 Å². The molecule has 0 rings (SSSR count). The van der Waals surface area contributed by atoms with Gasteiger partial charge in [-0.3, -0.25) is 8.42 Å². The van der Waals surface area contributed by atoms with Gasteiger partial charge in [0.1, 0.15) is 0 Å². The summed E-state index contributed by atoms with van der Waals surface area (Å²) in [6, 6.07) is 0. The summed E-state index contributed by atoms with van der Waals surface area (Å²) in [4.78, 5) is 0. The fraction of sp³-hybridized carbons (Fsp3) is 0. The Labute approximate surface area is 83.9 Å². The van der Waals surface area contributed by atoms with Crippen LogP contribution in [0.3, 0.4) is 0 Å².